The van der Waals surface area contributed by atoms with Crippen LogP contribution in [0.3, 0.4) is 0 Å². The molecule has 1 fully saturated rings. The zero-order chi connectivity index (χ0) is 9.26. The molecule has 70 valence electrons. The average Bonchev–Trinajstić information content (AvgIpc) is 2.52. The molecule has 1 aliphatic rings. The molecule has 0 aliphatic carbocycles. The third-order valence-electron chi connectivity index (χ3n) is 3.00. The number of nitrogens with zero attached hydrogens (tertiary/aromatic N) is 1. The van der Waals surface area contributed by atoms with E-state index < -0.39 is 0 Å². The second-order valence-electron chi connectivity index (χ2n) is 3.87. The first-order valence-electron chi connectivity index (χ1n) is 4.93. The minimum absolute atomic E-state index is 0.600. The van der Waals surface area contributed by atoms with Crippen LogP contribution in [-0.4, -0.2) is 17.6 Å². The Morgan fingerprint density at radius 2 is 2.38 bits per heavy atom. The normalized spacial score (nSPS) is 27.8. The van der Waals surface area contributed by atoms with Gasteiger partial charge in [-0.05, 0) is 44.0 Å². The smallest absolute Gasteiger partial charge is 0.0305 e. The van der Waals surface area contributed by atoms with E-state index in [1.54, 1.807) is 0 Å². The van der Waals surface area contributed by atoms with Crippen molar-refractivity contribution >= 4 is 0 Å². The summed E-state index contributed by atoms with van der Waals surface area (Å²) in [6, 6.07) is 2.70. The van der Waals surface area contributed by atoms with Crippen molar-refractivity contribution < 1.29 is 0 Å². The van der Waals surface area contributed by atoms with Crippen molar-refractivity contribution in [3.63, 3.8) is 0 Å². The van der Waals surface area contributed by atoms with E-state index in [0.29, 0.717) is 12.0 Å². The second-order valence-corrected chi connectivity index (χ2v) is 3.87. The topological polar surface area (TPSA) is 24.9 Å². The molecule has 0 spiro atoms. The molecule has 1 N–H and O–H groups in total. The van der Waals surface area contributed by atoms with E-state index in [1.807, 2.05) is 12.4 Å². The summed E-state index contributed by atoms with van der Waals surface area (Å²) in [6.45, 7) is 5.56. The largest absolute Gasteiger partial charge is 0.314 e. The Bertz CT molecular complexity index is 296. The lowest BCUT2D eigenvalue weighted by Crippen LogP contribution is -2.22. The van der Waals surface area contributed by atoms with E-state index in [4.69, 9.17) is 0 Å². The van der Waals surface area contributed by atoms with E-state index in [2.05, 4.69) is 30.2 Å². The van der Waals surface area contributed by atoms with Gasteiger partial charge in [-0.25, -0.2) is 0 Å². The summed E-state index contributed by atoms with van der Waals surface area (Å²) >= 11 is 0. The molecule has 2 nitrogen and oxygen atoms in total. The highest BCUT2D eigenvalue weighted by Crippen LogP contribution is 2.28. The summed E-state index contributed by atoms with van der Waals surface area (Å²) < 4.78 is 0. The Morgan fingerprint density at radius 1 is 1.54 bits per heavy atom. The lowest BCUT2D eigenvalue weighted by atomic mass is 9.91. The maximum atomic E-state index is 4.20. The first-order valence-corrected chi connectivity index (χ1v) is 4.93. The molecule has 2 heterocycles. The molecule has 0 amide bonds. The number of rotatable bonds is 1. The predicted octanol–water partition coefficient (Wildman–Crippen LogP) is 1.86. The Hall–Kier alpha value is -0.890. The lowest BCUT2D eigenvalue weighted by molar-refractivity contribution is 0.590. The minimum atomic E-state index is 0.600. The van der Waals surface area contributed by atoms with E-state index in [0.717, 1.165) is 6.54 Å². The van der Waals surface area contributed by atoms with Gasteiger partial charge in [-0.15, -0.1) is 0 Å². The Balaban J connectivity index is 2.29. The fourth-order valence-electron chi connectivity index (χ4n) is 2.15. The highest BCUT2D eigenvalue weighted by Gasteiger charge is 2.25. The van der Waals surface area contributed by atoms with Crippen LogP contribution in [0.4, 0.5) is 0 Å². The number of aromatic nitrogens is 1. The van der Waals surface area contributed by atoms with Crippen molar-refractivity contribution in [2.45, 2.75) is 32.2 Å². The van der Waals surface area contributed by atoms with E-state index >= 15 is 0 Å². The van der Waals surface area contributed by atoms with Crippen molar-refractivity contribution in [2.75, 3.05) is 6.54 Å². The van der Waals surface area contributed by atoms with Crippen LogP contribution >= 0.6 is 0 Å². The van der Waals surface area contributed by atoms with Gasteiger partial charge in [0, 0.05) is 24.4 Å². The first-order chi connectivity index (χ1) is 6.29. The molecule has 13 heavy (non-hydrogen) atoms. The van der Waals surface area contributed by atoms with Crippen molar-refractivity contribution in [1.82, 2.24) is 10.3 Å². The van der Waals surface area contributed by atoms with Gasteiger partial charge in [0.2, 0.25) is 0 Å². The van der Waals surface area contributed by atoms with E-state index in [1.165, 1.54) is 17.5 Å². The first kappa shape index (κ1) is 8.70. The third-order valence-corrected chi connectivity index (χ3v) is 3.00. The van der Waals surface area contributed by atoms with E-state index in [9.17, 15) is 0 Å². The van der Waals surface area contributed by atoms with Crippen LogP contribution in [0.2, 0.25) is 0 Å². The van der Waals surface area contributed by atoms with Gasteiger partial charge < -0.3 is 5.32 Å². The van der Waals surface area contributed by atoms with Crippen LogP contribution < -0.4 is 5.32 Å². The van der Waals surface area contributed by atoms with Gasteiger partial charge in [0.1, 0.15) is 0 Å². The molecule has 2 atom stereocenters. The molecule has 0 saturated carbocycles. The monoisotopic (exact) mass is 176 g/mol. The Kier molecular flexibility index (Phi) is 2.32. The summed E-state index contributed by atoms with van der Waals surface area (Å²) in [5, 5.41) is 3.47. The molecule has 2 heteroatoms. The number of aryl methyl sites for hydroxylation is 1. The summed E-state index contributed by atoms with van der Waals surface area (Å²) in [4.78, 5) is 4.20. The Labute approximate surface area is 79.4 Å². The zero-order valence-corrected chi connectivity index (χ0v) is 8.25. The molecule has 1 aromatic rings. The van der Waals surface area contributed by atoms with Crippen LogP contribution in [0.15, 0.2) is 18.5 Å². The van der Waals surface area contributed by atoms with Crippen LogP contribution in [0, 0.1) is 6.92 Å². The second kappa shape index (κ2) is 3.46. The number of nitrogens with one attached hydrogen (secondary N) is 1. The standard InChI is InChI=1S/C11H16N2/c1-8-3-5-12-7-11(8)10-4-6-13-9(10)2/h3,5,7,9-10,13H,4,6H2,1-2H3. The zero-order valence-electron chi connectivity index (χ0n) is 8.25. The molecule has 2 unspecified atom stereocenters. The molecular formula is C11H16N2. The van der Waals surface area contributed by atoms with Gasteiger partial charge in [-0.1, -0.05) is 0 Å². The van der Waals surface area contributed by atoms with Crippen molar-refractivity contribution in [1.29, 1.82) is 0 Å². The quantitative estimate of drug-likeness (QED) is 0.706. The molecule has 0 bridgehead atoms. The molecule has 0 aromatic carbocycles. The summed E-state index contributed by atoms with van der Waals surface area (Å²) in [5.74, 6) is 0.661. The van der Waals surface area contributed by atoms with Crippen LogP contribution in [0.25, 0.3) is 0 Å². The fourth-order valence-corrected chi connectivity index (χ4v) is 2.15. The van der Waals surface area contributed by atoms with Crippen LogP contribution in [0.5, 0.6) is 0 Å². The van der Waals surface area contributed by atoms with Crippen LogP contribution in [-0.2, 0) is 0 Å². The molecule has 1 aliphatic heterocycles. The van der Waals surface area contributed by atoms with Gasteiger partial charge in [0.25, 0.3) is 0 Å². The Morgan fingerprint density at radius 3 is 3.00 bits per heavy atom. The van der Waals surface area contributed by atoms with Crippen molar-refractivity contribution in [2.24, 2.45) is 0 Å². The van der Waals surface area contributed by atoms with Gasteiger partial charge in [0.15, 0.2) is 0 Å². The van der Waals surface area contributed by atoms with Gasteiger partial charge in [-0.2, -0.15) is 0 Å². The highest BCUT2D eigenvalue weighted by atomic mass is 14.9. The number of hydrogen-bond acceptors (Lipinski definition) is 2. The molecule has 2 rings (SSSR count). The van der Waals surface area contributed by atoms with E-state index in [-0.39, 0.29) is 0 Å². The van der Waals surface area contributed by atoms with Gasteiger partial charge in [0.05, 0.1) is 0 Å². The predicted molar refractivity (Wildman–Crippen MR) is 53.8 cm³/mol. The average molecular weight is 176 g/mol. The summed E-state index contributed by atoms with van der Waals surface area (Å²) in [5.41, 5.74) is 2.79. The SMILES string of the molecule is Cc1ccncc1C1CCNC1C. The van der Waals surface area contributed by atoms with Gasteiger partial charge in [-0.3, -0.25) is 4.98 Å². The highest BCUT2D eigenvalue weighted by molar-refractivity contribution is 5.27. The van der Waals surface area contributed by atoms with Crippen molar-refractivity contribution in [3.05, 3.63) is 29.6 Å². The lowest BCUT2D eigenvalue weighted by Gasteiger charge is -2.16. The molecular weight excluding hydrogens is 160 g/mol. The number of pyridine rings is 1. The summed E-state index contributed by atoms with van der Waals surface area (Å²) in [6.07, 6.45) is 5.13. The fraction of sp³-hybridized carbons (Fsp3) is 0.545. The van der Waals surface area contributed by atoms with Crippen LogP contribution in [0.1, 0.15) is 30.4 Å². The molecule has 0 radical (unpaired) electrons. The molecule has 1 aromatic heterocycles. The number of hydrogen-bond donors (Lipinski definition) is 1. The molecule has 1 saturated heterocycles. The maximum Gasteiger partial charge on any atom is 0.0305 e. The maximum absolute atomic E-state index is 4.20. The van der Waals surface area contributed by atoms with Crippen molar-refractivity contribution in [3.8, 4) is 0 Å². The van der Waals surface area contributed by atoms with Gasteiger partial charge >= 0.3 is 0 Å². The minimum Gasteiger partial charge on any atom is -0.314 e. The summed E-state index contributed by atoms with van der Waals surface area (Å²) in [7, 11) is 0. The third kappa shape index (κ3) is 1.59.